The van der Waals surface area contributed by atoms with Gasteiger partial charge in [-0.05, 0) is 42.5 Å². The van der Waals surface area contributed by atoms with Crippen LogP contribution in [-0.2, 0) is 14.3 Å². The Morgan fingerprint density at radius 2 is 1.84 bits per heavy atom. The average molecular weight is 496 g/mol. The van der Waals surface area contributed by atoms with Gasteiger partial charge in [-0.1, -0.05) is 46.3 Å². The van der Waals surface area contributed by atoms with Crippen molar-refractivity contribution in [2.45, 2.75) is 31.6 Å². The first-order chi connectivity index (χ1) is 15.5. The second-order valence-electron chi connectivity index (χ2n) is 8.15. The summed E-state index contributed by atoms with van der Waals surface area (Å²) < 4.78 is 16.9. The maximum Gasteiger partial charge on any atom is 0.336 e. The SMILES string of the molecule is COC(=O)C1=C(C)NC2=C(C(=O)C[C@@H](c3ccccc3)C2)[C@@H]1c1cc2c(cc1Br)OCO2. The number of Topliss-reactive ketones (excluding diaryl/α,β-unsaturated/α-hetero) is 1. The lowest BCUT2D eigenvalue weighted by atomic mass is 9.71. The second kappa shape index (κ2) is 8.13. The van der Waals surface area contributed by atoms with Gasteiger partial charge in [0.1, 0.15) is 0 Å². The van der Waals surface area contributed by atoms with E-state index in [2.05, 4.69) is 33.4 Å². The fourth-order valence-electron chi connectivity index (χ4n) is 4.85. The van der Waals surface area contributed by atoms with Crippen molar-refractivity contribution < 1.29 is 23.8 Å². The number of esters is 1. The minimum absolute atomic E-state index is 0.0241. The molecular formula is C25H22BrNO5. The topological polar surface area (TPSA) is 73.9 Å². The summed E-state index contributed by atoms with van der Waals surface area (Å²) in [5, 5.41) is 3.35. The Hall–Kier alpha value is -3.06. The van der Waals surface area contributed by atoms with Crippen molar-refractivity contribution in [2.75, 3.05) is 13.9 Å². The van der Waals surface area contributed by atoms with E-state index in [4.69, 9.17) is 14.2 Å². The van der Waals surface area contributed by atoms with Gasteiger partial charge in [-0.3, -0.25) is 4.79 Å². The summed E-state index contributed by atoms with van der Waals surface area (Å²) in [5.41, 5.74) is 4.49. The Morgan fingerprint density at radius 3 is 2.56 bits per heavy atom. The molecule has 0 unspecified atom stereocenters. The van der Waals surface area contributed by atoms with Crippen LogP contribution in [0.1, 0.15) is 42.7 Å². The third-order valence-electron chi connectivity index (χ3n) is 6.31. The lowest BCUT2D eigenvalue weighted by Gasteiger charge is -2.37. The van der Waals surface area contributed by atoms with Crippen LogP contribution in [0, 0.1) is 0 Å². The second-order valence-corrected chi connectivity index (χ2v) is 9.00. The molecule has 0 bridgehead atoms. The van der Waals surface area contributed by atoms with E-state index in [-0.39, 0.29) is 18.5 Å². The van der Waals surface area contributed by atoms with Crippen molar-refractivity contribution >= 4 is 27.7 Å². The molecule has 0 amide bonds. The van der Waals surface area contributed by atoms with E-state index < -0.39 is 11.9 Å². The van der Waals surface area contributed by atoms with Crippen LogP contribution in [0.15, 0.2) is 69.5 Å². The number of halogens is 1. The van der Waals surface area contributed by atoms with Gasteiger partial charge in [0.25, 0.3) is 0 Å². The summed E-state index contributed by atoms with van der Waals surface area (Å²) in [7, 11) is 1.35. The number of methoxy groups -OCH3 is 1. The largest absolute Gasteiger partial charge is 0.466 e. The molecule has 2 aliphatic heterocycles. The Labute approximate surface area is 194 Å². The van der Waals surface area contributed by atoms with Gasteiger partial charge >= 0.3 is 5.97 Å². The molecule has 0 spiro atoms. The third-order valence-corrected chi connectivity index (χ3v) is 6.99. The minimum Gasteiger partial charge on any atom is -0.466 e. The molecule has 5 rings (SSSR count). The van der Waals surface area contributed by atoms with E-state index in [9.17, 15) is 9.59 Å². The third kappa shape index (κ3) is 3.41. The first kappa shape index (κ1) is 20.8. The maximum atomic E-state index is 13.6. The number of fused-ring (bicyclic) bond motifs is 1. The highest BCUT2D eigenvalue weighted by Gasteiger charge is 2.42. The fraction of sp³-hybridized carbons (Fsp3) is 0.280. The molecule has 0 aromatic heterocycles. The lowest BCUT2D eigenvalue weighted by Crippen LogP contribution is -2.36. The van der Waals surface area contributed by atoms with Crippen molar-refractivity contribution in [3.05, 3.63) is 80.6 Å². The standard InChI is InChI=1S/C25H22BrNO5/c1-13-22(25(29)30-2)23(16-10-20-21(11-17(16)26)32-12-31-20)24-18(27-13)8-15(9-19(24)28)14-6-4-3-5-7-14/h3-7,10-11,15,23,27H,8-9,12H2,1-2H3/t15-,23+/m0/s1. The molecule has 2 aromatic carbocycles. The Balaban J connectivity index is 1.65. The molecule has 1 N–H and O–H groups in total. The summed E-state index contributed by atoms with van der Waals surface area (Å²) >= 11 is 3.62. The lowest BCUT2D eigenvalue weighted by molar-refractivity contribution is -0.136. The van der Waals surface area contributed by atoms with E-state index in [1.54, 1.807) is 0 Å². The number of carbonyl (C=O) groups excluding carboxylic acids is 2. The van der Waals surface area contributed by atoms with E-state index in [1.807, 2.05) is 37.3 Å². The van der Waals surface area contributed by atoms with Crippen LogP contribution < -0.4 is 14.8 Å². The van der Waals surface area contributed by atoms with E-state index >= 15 is 0 Å². The number of dihydropyridines is 1. The molecule has 2 aromatic rings. The van der Waals surface area contributed by atoms with Crippen molar-refractivity contribution in [1.82, 2.24) is 5.32 Å². The smallest absolute Gasteiger partial charge is 0.336 e. The molecule has 2 atom stereocenters. The van der Waals surface area contributed by atoms with Crippen LogP contribution >= 0.6 is 15.9 Å². The van der Waals surface area contributed by atoms with Crippen LogP contribution in [0.2, 0.25) is 0 Å². The van der Waals surface area contributed by atoms with Crippen LogP contribution in [0.3, 0.4) is 0 Å². The fourth-order valence-corrected chi connectivity index (χ4v) is 5.40. The molecule has 0 fully saturated rings. The molecule has 0 saturated heterocycles. The quantitative estimate of drug-likeness (QED) is 0.621. The number of benzene rings is 2. The highest BCUT2D eigenvalue weighted by molar-refractivity contribution is 9.10. The summed E-state index contributed by atoms with van der Waals surface area (Å²) in [5.74, 6) is 0.305. The van der Waals surface area contributed by atoms with Gasteiger partial charge in [-0.25, -0.2) is 4.79 Å². The van der Waals surface area contributed by atoms with Crippen molar-refractivity contribution in [3.63, 3.8) is 0 Å². The first-order valence-corrected chi connectivity index (χ1v) is 11.2. The summed E-state index contributed by atoms with van der Waals surface area (Å²) in [6.45, 7) is 1.99. The Morgan fingerprint density at radius 1 is 1.12 bits per heavy atom. The molecule has 2 heterocycles. The molecule has 1 aliphatic carbocycles. The summed E-state index contributed by atoms with van der Waals surface area (Å²) in [4.78, 5) is 26.4. The highest BCUT2D eigenvalue weighted by atomic mass is 79.9. The zero-order valence-electron chi connectivity index (χ0n) is 17.7. The van der Waals surface area contributed by atoms with Crippen LogP contribution in [0.5, 0.6) is 11.5 Å². The number of nitrogens with one attached hydrogen (secondary N) is 1. The molecule has 0 radical (unpaired) electrons. The minimum atomic E-state index is -0.563. The number of rotatable bonds is 3. The zero-order valence-corrected chi connectivity index (χ0v) is 19.3. The summed E-state index contributed by atoms with van der Waals surface area (Å²) in [6.07, 6.45) is 1.08. The summed E-state index contributed by atoms with van der Waals surface area (Å²) in [6, 6.07) is 13.7. The van der Waals surface area contributed by atoms with Gasteiger partial charge in [-0.2, -0.15) is 0 Å². The molecule has 32 heavy (non-hydrogen) atoms. The van der Waals surface area contributed by atoms with Crippen molar-refractivity contribution in [1.29, 1.82) is 0 Å². The van der Waals surface area contributed by atoms with E-state index in [0.717, 1.165) is 21.3 Å². The number of ether oxygens (including phenoxy) is 3. The molecular weight excluding hydrogens is 474 g/mol. The highest BCUT2D eigenvalue weighted by Crippen LogP contribution is 2.49. The zero-order chi connectivity index (χ0) is 22.4. The maximum absolute atomic E-state index is 13.6. The number of hydrogen-bond donors (Lipinski definition) is 1. The normalized spacial score (nSPS) is 21.9. The number of carbonyl (C=O) groups is 2. The average Bonchev–Trinajstić information content (AvgIpc) is 3.24. The monoisotopic (exact) mass is 495 g/mol. The van der Waals surface area contributed by atoms with E-state index in [1.165, 1.54) is 7.11 Å². The van der Waals surface area contributed by atoms with Crippen molar-refractivity contribution in [2.24, 2.45) is 0 Å². The van der Waals surface area contributed by atoms with Crippen molar-refractivity contribution in [3.8, 4) is 11.5 Å². The number of allylic oxidation sites excluding steroid dienone is 3. The first-order valence-electron chi connectivity index (χ1n) is 10.4. The molecule has 6 nitrogen and oxygen atoms in total. The number of ketones is 1. The Bertz CT molecular complexity index is 1180. The molecule has 0 saturated carbocycles. The molecule has 3 aliphatic rings. The van der Waals surface area contributed by atoms with E-state index in [0.29, 0.717) is 41.2 Å². The van der Waals surface area contributed by atoms with Crippen LogP contribution in [0.4, 0.5) is 0 Å². The van der Waals surface area contributed by atoms with Gasteiger partial charge in [0.05, 0.1) is 12.7 Å². The van der Waals surface area contributed by atoms with Crippen LogP contribution in [0.25, 0.3) is 0 Å². The van der Waals surface area contributed by atoms with Gasteiger partial charge in [-0.15, -0.1) is 0 Å². The van der Waals surface area contributed by atoms with Gasteiger partial charge < -0.3 is 19.5 Å². The number of hydrogen-bond acceptors (Lipinski definition) is 6. The molecule has 7 heteroatoms. The van der Waals surface area contributed by atoms with Gasteiger partial charge in [0, 0.05) is 33.8 Å². The predicted molar refractivity (Wildman–Crippen MR) is 121 cm³/mol. The predicted octanol–water partition coefficient (Wildman–Crippen LogP) is 4.71. The molecule has 164 valence electrons. The van der Waals surface area contributed by atoms with Gasteiger partial charge in [0.2, 0.25) is 6.79 Å². The van der Waals surface area contributed by atoms with Gasteiger partial charge in [0.15, 0.2) is 17.3 Å². The Kier molecular flexibility index (Phi) is 5.29. The van der Waals surface area contributed by atoms with Crippen LogP contribution in [-0.4, -0.2) is 25.7 Å².